The summed E-state index contributed by atoms with van der Waals surface area (Å²) in [5.74, 6) is 0. The Morgan fingerprint density at radius 2 is 2.14 bits per heavy atom. The molecule has 106 valence electrons. The molecule has 4 heterocycles. The number of pyridine rings is 2. The van der Waals surface area contributed by atoms with Crippen molar-refractivity contribution in [3.8, 4) is 0 Å². The molecule has 0 saturated carbocycles. The third-order valence-electron chi connectivity index (χ3n) is 4.27. The van der Waals surface area contributed by atoms with Gasteiger partial charge in [-0.2, -0.15) is 0 Å². The van der Waals surface area contributed by atoms with Crippen LogP contribution in [-0.4, -0.2) is 25.8 Å². The highest BCUT2D eigenvalue weighted by Gasteiger charge is 2.27. The number of likely N-dealkylation sites (tertiary alicyclic amines) is 1. The molecule has 4 heteroatoms. The van der Waals surface area contributed by atoms with E-state index < -0.39 is 0 Å². The van der Waals surface area contributed by atoms with Crippen molar-refractivity contribution in [2.24, 2.45) is 0 Å². The topological polar surface area (TPSA) is 33.4 Å². The average molecular weight is 278 g/mol. The number of aromatic nitrogens is 3. The zero-order valence-electron chi connectivity index (χ0n) is 11.9. The quantitative estimate of drug-likeness (QED) is 0.738. The van der Waals surface area contributed by atoms with E-state index in [2.05, 4.69) is 49.7 Å². The Bertz CT molecular complexity index is 735. The minimum Gasteiger partial charge on any atom is -0.302 e. The van der Waals surface area contributed by atoms with Gasteiger partial charge in [-0.05, 0) is 43.1 Å². The van der Waals surface area contributed by atoms with Crippen molar-refractivity contribution < 1.29 is 0 Å². The van der Waals surface area contributed by atoms with Gasteiger partial charge in [0.05, 0.1) is 6.04 Å². The fraction of sp³-hybridized carbons (Fsp3) is 0.294. The van der Waals surface area contributed by atoms with Gasteiger partial charge in [0, 0.05) is 37.0 Å². The van der Waals surface area contributed by atoms with Crippen LogP contribution in [0, 0.1) is 0 Å². The maximum absolute atomic E-state index is 4.39. The molecule has 1 unspecified atom stereocenters. The number of hydrogen-bond acceptors (Lipinski definition) is 3. The van der Waals surface area contributed by atoms with Gasteiger partial charge in [0.2, 0.25) is 0 Å². The number of rotatable bonds is 3. The van der Waals surface area contributed by atoms with E-state index in [1.165, 1.54) is 24.1 Å². The first-order valence-corrected chi connectivity index (χ1v) is 7.47. The van der Waals surface area contributed by atoms with Crippen LogP contribution in [0.2, 0.25) is 0 Å². The summed E-state index contributed by atoms with van der Waals surface area (Å²) in [5.41, 5.74) is 3.65. The second kappa shape index (κ2) is 5.30. The van der Waals surface area contributed by atoms with Gasteiger partial charge < -0.3 is 4.40 Å². The zero-order valence-corrected chi connectivity index (χ0v) is 11.9. The molecule has 0 radical (unpaired) electrons. The summed E-state index contributed by atoms with van der Waals surface area (Å²) in [6.07, 6.45) is 10.2. The minimum atomic E-state index is 0.461. The van der Waals surface area contributed by atoms with Crippen LogP contribution in [0.25, 0.3) is 5.65 Å². The summed E-state index contributed by atoms with van der Waals surface area (Å²) >= 11 is 0. The first-order valence-electron chi connectivity index (χ1n) is 7.47. The summed E-state index contributed by atoms with van der Waals surface area (Å²) in [7, 11) is 0. The molecule has 0 aliphatic carbocycles. The minimum absolute atomic E-state index is 0.461. The Morgan fingerprint density at radius 3 is 3.05 bits per heavy atom. The second-order valence-corrected chi connectivity index (χ2v) is 5.60. The molecule has 0 aromatic carbocycles. The Labute approximate surface area is 124 Å². The lowest BCUT2D eigenvalue weighted by atomic mass is 10.1. The van der Waals surface area contributed by atoms with Crippen molar-refractivity contribution >= 4 is 5.65 Å². The average Bonchev–Trinajstić information content (AvgIpc) is 3.16. The van der Waals surface area contributed by atoms with Crippen LogP contribution >= 0.6 is 0 Å². The fourth-order valence-corrected chi connectivity index (χ4v) is 3.32. The highest BCUT2D eigenvalue weighted by molar-refractivity contribution is 5.40. The second-order valence-electron chi connectivity index (χ2n) is 5.60. The molecule has 1 fully saturated rings. The van der Waals surface area contributed by atoms with Gasteiger partial charge in [-0.25, -0.2) is 4.98 Å². The van der Waals surface area contributed by atoms with Gasteiger partial charge in [0.1, 0.15) is 5.65 Å². The van der Waals surface area contributed by atoms with E-state index >= 15 is 0 Å². The molecule has 0 N–H and O–H groups in total. The third kappa shape index (κ3) is 2.32. The van der Waals surface area contributed by atoms with Crippen LogP contribution in [0.4, 0.5) is 0 Å². The van der Waals surface area contributed by atoms with Crippen molar-refractivity contribution in [3.05, 3.63) is 66.4 Å². The number of hydrogen-bond donors (Lipinski definition) is 0. The largest absolute Gasteiger partial charge is 0.302 e. The van der Waals surface area contributed by atoms with E-state index in [0.717, 1.165) is 18.7 Å². The fourth-order valence-electron chi connectivity index (χ4n) is 3.32. The molecule has 0 amide bonds. The maximum atomic E-state index is 4.39. The summed E-state index contributed by atoms with van der Waals surface area (Å²) < 4.78 is 2.21. The van der Waals surface area contributed by atoms with Crippen LogP contribution in [0.1, 0.15) is 30.1 Å². The van der Waals surface area contributed by atoms with E-state index in [4.69, 9.17) is 0 Å². The van der Waals surface area contributed by atoms with Crippen LogP contribution < -0.4 is 0 Å². The third-order valence-corrected chi connectivity index (χ3v) is 4.27. The zero-order chi connectivity index (χ0) is 14.1. The maximum Gasteiger partial charge on any atom is 0.136 e. The predicted octanol–water partition coefficient (Wildman–Crippen LogP) is 3.07. The molecular weight excluding hydrogens is 260 g/mol. The van der Waals surface area contributed by atoms with Crippen molar-refractivity contribution in [2.45, 2.75) is 25.4 Å². The Balaban J connectivity index is 1.66. The van der Waals surface area contributed by atoms with Crippen LogP contribution in [0.3, 0.4) is 0 Å². The van der Waals surface area contributed by atoms with E-state index in [9.17, 15) is 0 Å². The molecule has 1 atom stereocenters. The van der Waals surface area contributed by atoms with Crippen LogP contribution in [0.15, 0.2) is 55.1 Å². The predicted molar refractivity (Wildman–Crippen MR) is 81.8 cm³/mol. The van der Waals surface area contributed by atoms with E-state index in [0.29, 0.717) is 6.04 Å². The van der Waals surface area contributed by atoms with Crippen molar-refractivity contribution in [3.63, 3.8) is 0 Å². The lowest BCUT2D eigenvalue weighted by Crippen LogP contribution is -2.24. The van der Waals surface area contributed by atoms with Crippen LogP contribution in [-0.2, 0) is 6.54 Å². The van der Waals surface area contributed by atoms with Gasteiger partial charge in [-0.15, -0.1) is 0 Å². The summed E-state index contributed by atoms with van der Waals surface area (Å²) in [6, 6.07) is 11.0. The van der Waals surface area contributed by atoms with E-state index in [1.54, 1.807) is 0 Å². The van der Waals surface area contributed by atoms with Gasteiger partial charge in [-0.1, -0.05) is 12.1 Å². The van der Waals surface area contributed by atoms with Crippen molar-refractivity contribution in [1.29, 1.82) is 0 Å². The summed E-state index contributed by atoms with van der Waals surface area (Å²) in [5, 5.41) is 0. The van der Waals surface area contributed by atoms with Gasteiger partial charge in [-0.3, -0.25) is 9.88 Å². The molecular formula is C17H18N4. The van der Waals surface area contributed by atoms with Gasteiger partial charge >= 0.3 is 0 Å². The molecule has 4 nitrogen and oxygen atoms in total. The lowest BCUT2D eigenvalue weighted by molar-refractivity contribution is 0.243. The molecule has 0 spiro atoms. The van der Waals surface area contributed by atoms with Crippen molar-refractivity contribution in [1.82, 2.24) is 19.3 Å². The van der Waals surface area contributed by atoms with E-state index in [1.807, 2.05) is 24.7 Å². The molecule has 3 aromatic heterocycles. The van der Waals surface area contributed by atoms with Crippen LogP contribution in [0.5, 0.6) is 0 Å². The van der Waals surface area contributed by atoms with Gasteiger partial charge in [0.15, 0.2) is 0 Å². The molecule has 1 aliphatic rings. The van der Waals surface area contributed by atoms with E-state index in [-0.39, 0.29) is 0 Å². The number of imidazole rings is 1. The highest BCUT2D eigenvalue weighted by Crippen LogP contribution is 2.33. The van der Waals surface area contributed by atoms with Crippen molar-refractivity contribution in [2.75, 3.05) is 6.54 Å². The first-order chi connectivity index (χ1) is 10.4. The SMILES string of the molecule is c1cncc(CN2CCCC2c2cccc3nccn23)c1. The molecule has 1 aliphatic heterocycles. The number of nitrogens with zero attached hydrogens (tertiary/aromatic N) is 4. The molecule has 3 aromatic rings. The first kappa shape index (κ1) is 12.5. The van der Waals surface area contributed by atoms with Gasteiger partial charge in [0.25, 0.3) is 0 Å². The lowest BCUT2D eigenvalue weighted by Gasteiger charge is -2.25. The summed E-state index contributed by atoms with van der Waals surface area (Å²) in [4.78, 5) is 11.2. The number of fused-ring (bicyclic) bond motifs is 1. The molecule has 0 bridgehead atoms. The molecule has 21 heavy (non-hydrogen) atoms. The molecule has 4 rings (SSSR count). The standard InChI is InChI=1S/C17H18N4/c1-5-16(21-11-9-19-17(21)7-1)15-6-3-10-20(15)13-14-4-2-8-18-12-14/h1-2,4-5,7-9,11-12,15H,3,6,10,13H2. The smallest absolute Gasteiger partial charge is 0.136 e. The normalized spacial score (nSPS) is 19.3. The monoisotopic (exact) mass is 278 g/mol. The molecule has 1 saturated heterocycles. The Hall–Kier alpha value is -2.20. The summed E-state index contributed by atoms with van der Waals surface area (Å²) in [6.45, 7) is 2.11. The Kier molecular flexibility index (Phi) is 3.16. The highest BCUT2D eigenvalue weighted by atomic mass is 15.2. The Morgan fingerprint density at radius 1 is 1.14 bits per heavy atom.